The Morgan fingerprint density at radius 1 is 0.400 bits per heavy atom. The molecule has 7 aromatic rings. The number of fused-ring (bicyclic) bond motifs is 5. The predicted octanol–water partition coefficient (Wildman–Crippen LogP) is 9.28. The fourth-order valence-electron chi connectivity index (χ4n) is 5.68. The van der Waals surface area contributed by atoms with E-state index in [1.54, 1.807) is 0 Å². The second kappa shape index (κ2) is 8.11. The van der Waals surface area contributed by atoms with Crippen molar-refractivity contribution < 1.29 is 0 Å². The van der Waals surface area contributed by atoms with Crippen molar-refractivity contribution in [2.45, 2.75) is 5.92 Å². The number of hydrogen-bond donors (Lipinski definition) is 0. The summed E-state index contributed by atoms with van der Waals surface area (Å²) in [6.07, 6.45) is 0. The van der Waals surface area contributed by atoms with Crippen molar-refractivity contribution in [3.05, 3.63) is 156 Å². The standard InChI is InChI=1S/C35H23/c1-2-11-25(12-3-1)35(32-19-9-17-30-29-16-7-6-10-24(29)20-21-31(30)32)33-18-8-15-28-22-26-13-4-5-14-27(26)23-34(28)33/h2-23,35H. The van der Waals surface area contributed by atoms with Crippen LogP contribution in [0.15, 0.2) is 133 Å². The highest BCUT2D eigenvalue weighted by Crippen LogP contribution is 2.41. The molecule has 0 heteroatoms. The molecule has 0 saturated heterocycles. The zero-order valence-corrected chi connectivity index (χ0v) is 19.3. The summed E-state index contributed by atoms with van der Waals surface area (Å²) < 4.78 is 0. The van der Waals surface area contributed by atoms with Crippen LogP contribution in [0.1, 0.15) is 22.6 Å². The van der Waals surface area contributed by atoms with Gasteiger partial charge in [0.05, 0.1) is 0 Å². The molecule has 1 radical (unpaired) electrons. The monoisotopic (exact) mass is 443 g/mol. The minimum Gasteiger partial charge on any atom is -0.0616 e. The van der Waals surface area contributed by atoms with Crippen LogP contribution >= 0.6 is 0 Å². The summed E-state index contributed by atoms with van der Waals surface area (Å²) in [5, 5.41) is 10.3. The summed E-state index contributed by atoms with van der Waals surface area (Å²) in [5.74, 6) is 0.110. The summed E-state index contributed by atoms with van der Waals surface area (Å²) >= 11 is 0. The smallest absolute Gasteiger partial charge is 0.0352 e. The maximum Gasteiger partial charge on any atom is 0.0352 e. The molecule has 0 nitrogen and oxygen atoms in total. The van der Waals surface area contributed by atoms with Gasteiger partial charge in [-0.05, 0) is 78.0 Å². The maximum absolute atomic E-state index is 3.21. The SMILES string of the molecule is [c]1ccc(C(c2cccc3cc4ccccc4cc23)c2cccc3c2ccc2ccccc23)cc1. The summed E-state index contributed by atoms with van der Waals surface area (Å²) in [6, 6.07) is 51.8. The van der Waals surface area contributed by atoms with Crippen molar-refractivity contribution in [3.63, 3.8) is 0 Å². The van der Waals surface area contributed by atoms with Crippen molar-refractivity contribution in [2.75, 3.05) is 0 Å². The van der Waals surface area contributed by atoms with Gasteiger partial charge in [-0.15, -0.1) is 0 Å². The molecule has 35 heavy (non-hydrogen) atoms. The normalized spacial score (nSPS) is 12.5. The van der Waals surface area contributed by atoms with Crippen molar-refractivity contribution >= 4 is 43.1 Å². The second-order valence-corrected chi connectivity index (χ2v) is 9.26. The van der Waals surface area contributed by atoms with Crippen LogP contribution in [-0.4, -0.2) is 0 Å². The molecule has 0 fully saturated rings. The van der Waals surface area contributed by atoms with E-state index in [0.29, 0.717) is 0 Å². The van der Waals surface area contributed by atoms with E-state index >= 15 is 0 Å². The molecule has 0 spiro atoms. The molecule has 0 heterocycles. The fraction of sp³-hybridized carbons (Fsp3) is 0.0286. The van der Waals surface area contributed by atoms with E-state index in [0.717, 1.165) is 0 Å². The minimum absolute atomic E-state index is 0.110. The molecule has 0 N–H and O–H groups in total. The van der Waals surface area contributed by atoms with Gasteiger partial charge in [-0.1, -0.05) is 121 Å². The Hall–Kier alpha value is -4.42. The molecular formula is C35H23. The van der Waals surface area contributed by atoms with Gasteiger partial charge in [0.15, 0.2) is 0 Å². The average molecular weight is 444 g/mol. The molecule has 0 aliphatic rings. The average Bonchev–Trinajstić information content (AvgIpc) is 2.93. The van der Waals surface area contributed by atoms with E-state index in [1.807, 2.05) is 12.1 Å². The van der Waals surface area contributed by atoms with Crippen molar-refractivity contribution in [1.29, 1.82) is 0 Å². The molecule has 7 aromatic carbocycles. The van der Waals surface area contributed by atoms with Gasteiger partial charge >= 0.3 is 0 Å². The van der Waals surface area contributed by atoms with Crippen molar-refractivity contribution in [3.8, 4) is 0 Å². The van der Waals surface area contributed by atoms with Gasteiger partial charge in [-0.25, -0.2) is 0 Å². The van der Waals surface area contributed by atoms with Crippen LogP contribution in [0.2, 0.25) is 0 Å². The van der Waals surface area contributed by atoms with Crippen LogP contribution in [0.3, 0.4) is 0 Å². The van der Waals surface area contributed by atoms with E-state index in [1.165, 1.54) is 59.8 Å². The largest absolute Gasteiger partial charge is 0.0616 e. The zero-order chi connectivity index (χ0) is 23.2. The molecule has 0 aromatic heterocycles. The van der Waals surface area contributed by atoms with Gasteiger partial charge in [-0.3, -0.25) is 0 Å². The van der Waals surface area contributed by atoms with Gasteiger partial charge < -0.3 is 0 Å². The van der Waals surface area contributed by atoms with Crippen LogP contribution in [-0.2, 0) is 0 Å². The summed E-state index contributed by atoms with van der Waals surface area (Å²) in [6.45, 7) is 0. The first-order valence-corrected chi connectivity index (χ1v) is 12.1. The number of rotatable bonds is 3. The Morgan fingerprint density at radius 2 is 1.03 bits per heavy atom. The maximum atomic E-state index is 3.21. The van der Waals surface area contributed by atoms with Gasteiger partial charge in [0.1, 0.15) is 0 Å². The molecular weight excluding hydrogens is 420 g/mol. The number of benzene rings is 7. The Bertz CT molecular complexity index is 1820. The molecule has 0 aliphatic carbocycles. The van der Waals surface area contributed by atoms with Crippen LogP contribution in [0, 0.1) is 6.07 Å². The first-order valence-electron chi connectivity index (χ1n) is 12.1. The molecule has 1 unspecified atom stereocenters. The molecule has 7 rings (SSSR count). The first-order chi connectivity index (χ1) is 17.4. The van der Waals surface area contributed by atoms with E-state index < -0.39 is 0 Å². The van der Waals surface area contributed by atoms with E-state index in [4.69, 9.17) is 0 Å². The Balaban J connectivity index is 1.57. The highest BCUT2D eigenvalue weighted by Gasteiger charge is 2.21. The second-order valence-electron chi connectivity index (χ2n) is 9.26. The molecule has 0 saturated carbocycles. The van der Waals surface area contributed by atoms with Crippen LogP contribution in [0.4, 0.5) is 0 Å². The van der Waals surface area contributed by atoms with Gasteiger partial charge in [0.25, 0.3) is 0 Å². The highest BCUT2D eigenvalue weighted by molar-refractivity contribution is 6.09. The molecule has 0 amide bonds. The summed E-state index contributed by atoms with van der Waals surface area (Å²) in [7, 11) is 0. The van der Waals surface area contributed by atoms with Gasteiger partial charge in [0, 0.05) is 5.92 Å². The topological polar surface area (TPSA) is 0 Å². The fourth-order valence-corrected chi connectivity index (χ4v) is 5.68. The lowest BCUT2D eigenvalue weighted by atomic mass is 9.80. The van der Waals surface area contributed by atoms with Crippen molar-refractivity contribution in [2.24, 2.45) is 0 Å². The zero-order valence-electron chi connectivity index (χ0n) is 19.3. The molecule has 163 valence electrons. The molecule has 0 aliphatic heterocycles. The third-order valence-corrected chi connectivity index (χ3v) is 7.30. The lowest BCUT2D eigenvalue weighted by Gasteiger charge is -2.23. The molecule has 0 bridgehead atoms. The van der Waals surface area contributed by atoms with E-state index in [9.17, 15) is 0 Å². The van der Waals surface area contributed by atoms with E-state index in [2.05, 4.69) is 127 Å². The number of hydrogen-bond acceptors (Lipinski definition) is 0. The van der Waals surface area contributed by atoms with E-state index in [-0.39, 0.29) is 5.92 Å². The Morgan fingerprint density at radius 3 is 1.86 bits per heavy atom. The highest BCUT2D eigenvalue weighted by atomic mass is 14.2. The van der Waals surface area contributed by atoms with Crippen LogP contribution in [0.25, 0.3) is 43.1 Å². The van der Waals surface area contributed by atoms with Crippen LogP contribution < -0.4 is 0 Å². The lowest BCUT2D eigenvalue weighted by Crippen LogP contribution is -2.05. The molecule has 1 atom stereocenters. The minimum atomic E-state index is 0.110. The van der Waals surface area contributed by atoms with Gasteiger partial charge in [-0.2, -0.15) is 0 Å². The Labute approximate surface area is 205 Å². The quantitative estimate of drug-likeness (QED) is 0.145. The first kappa shape index (κ1) is 20.0. The van der Waals surface area contributed by atoms with Gasteiger partial charge in [0.2, 0.25) is 0 Å². The lowest BCUT2D eigenvalue weighted by molar-refractivity contribution is 1.00. The third kappa shape index (κ3) is 3.30. The van der Waals surface area contributed by atoms with Crippen molar-refractivity contribution in [1.82, 2.24) is 0 Å². The summed E-state index contributed by atoms with van der Waals surface area (Å²) in [4.78, 5) is 0. The Kier molecular flexibility index (Phi) is 4.63. The summed E-state index contributed by atoms with van der Waals surface area (Å²) in [5.41, 5.74) is 3.95. The third-order valence-electron chi connectivity index (χ3n) is 7.30. The van der Waals surface area contributed by atoms with Crippen LogP contribution in [0.5, 0.6) is 0 Å². The predicted molar refractivity (Wildman–Crippen MR) is 149 cm³/mol.